The van der Waals surface area contributed by atoms with E-state index in [4.69, 9.17) is 5.41 Å². The molecule has 0 atom stereocenters. The maximum absolute atomic E-state index is 5.50. The Balaban J connectivity index is 0.000000222. The van der Waals surface area contributed by atoms with Gasteiger partial charge in [-0.1, -0.05) is 0 Å². The van der Waals surface area contributed by atoms with Crippen LogP contribution in [0.5, 0.6) is 0 Å². The number of nitrogens with one attached hydrogen (secondary N) is 2. The Kier molecular flexibility index (Phi) is 3.48. The van der Waals surface area contributed by atoms with E-state index in [0.717, 1.165) is 5.82 Å². The topological polar surface area (TPSA) is 52.5 Å². The van der Waals surface area contributed by atoms with Gasteiger partial charge in [-0.25, -0.2) is 4.98 Å². The van der Waals surface area contributed by atoms with Gasteiger partial charge in [0.15, 0.2) is 0 Å². The zero-order valence-electron chi connectivity index (χ0n) is 4.81. The van der Waals surface area contributed by atoms with Gasteiger partial charge < -0.3 is 10.4 Å². The lowest BCUT2D eigenvalue weighted by Gasteiger charge is -1.68. The first-order valence-corrected chi connectivity index (χ1v) is 2.21. The molecule has 1 rings (SSSR count). The molecule has 0 radical (unpaired) electrons. The average molecular weight is 111 g/mol. The Bertz CT molecular complexity index is 122. The Morgan fingerprint density at radius 1 is 1.75 bits per heavy atom. The second kappa shape index (κ2) is 4.05. The quantitative estimate of drug-likeness (QED) is 0.482. The standard InChI is InChI=1S/C4H6N2.CH3N/c1-4-5-2-3-6-4;1-2/h2-3H,1H3,(H,5,6);2H,1H2. The van der Waals surface area contributed by atoms with Gasteiger partial charge in [0.2, 0.25) is 0 Å². The summed E-state index contributed by atoms with van der Waals surface area (Å²) in [7, 11) is 0. The summed E-state index contributed by atoms with van der Waals surface area (Å²) < 4.78 is 0. The summed E-state index contributed by atoms with van der Waals surface area (Å²) in [5.74, 6) is 0.968. The molecule has 0 aromatic carbocycles. The highest BCUT2D eigenvalue weighted by atomic mass is 14.9. The zero-order valence-corrected chi connectivity index (χ0v) is 4.81. The molecular formula is C5H9N3. The van der Waals surface area contributed by atoms with Crippen LogP contribution in [0.4, 0.5) is 0 Å². The number of hydrogen-bond acceptors (Lipinski definition) is 2. The number of aryl methyl sites for hydroxylation is 1. The molecule has 0 unspecified atom stereocenters. The molecule has 0 saturated heterocycles. The summed E-state index contributed by atoms with van der Waals surface area (Å²) in [5, 5.41) is 5.50. The van der Waals surface area contributed by atoms with Crippen LogP contribution in [0.3, 0.4) is 0 Å². The minimum atomic E-state index is 0.968. The van der Waals surface area contributed by atoms with Crippen molar-refractivity contribution in [2.45, 2.75) is 6.92 Å². The van der Waals surface area contributed by atoms with E-state index in [-0.39, 0.29) is 0 Å². The highest BCUT2D eigenvalue weighted by Crippen LogP contribution is 1.78. The minimum absolute atomic E-state index is 0.968. The van der Waals surface area contributed by atoms with Gasteiger partial charge in [-0.15, -0.1) is 0 Å². The predicted molar refractivity (Wildman–Crippen MR) is 33.2 cm³/mol. The fourth-order valence-corrected chi connectivity index (χ4v) is 0.344. The summed E-state index contributed by atoms with van der Waals surface area (Å²) in [5.41, 5.74) is 0. The third-order valence-electron chi connectivity index (χ3n) is 0.635. The van der Waals surface area contributed by atoms with Gasteiger partial charge in [-0.2, -0.15) is 0 Å². The van der Waals surface area contributed by atoms with Crippen molar-refractivity contribution in [2.24, 2.45) is 0 Å². The maximum Gasteiger partial charge on any atom is 0.102 e. The molecule has 0 spiro atoms. The van der Waals surface area contributed by atoms with E-state index in [1.54, 1.807) is 12.4 Å². The molecule has 3 heteroatoms. The average Bonchev–Trinajstić information content (AvgIpc) is 2.24. The monoisotopic (exact) mass is 111 g/mol. The number of hydrogen-bond donors (Lipinski definition) is 2. The number of H-pyrrole nitrogens is 1. The maximum atomic E-state index is 5.50. The second-order valence-electron chi connectivity index (χ2n) is 1.17. The van der Waals surface area contributed by atoms with E-state index in [1.807, 2.05) is 6.92 Å². The fraction of sp³-hybridized carbons (Fsp3) is 0.200. The highest BCUT2D eigenvalue weighted by molar-refractivity contribution is 5.15. The normalized spacial score (nSPS) is 7.12. The first-order valence-electron chi connectivity index (χ1n) is 2.21. The Morgan fingerprint density at radius 3 is 2.50 bits per heavy atom. The molecule has 1 aromatic heterocycles. The van der Waals surface area contributed by atoms with Crippen LogP contribution in [0, 0.1) is 12.3 Å². The van der Waals surface area contributed by atoms with E-state index in [9.17, 15) is 0 Å². The number of rotatable bonds is 0. The highest BCUT2D eigenvalue weighted by Gasteiger charge is 1.73. The molecule has 44 valence electrons. The molecule has 3 nitrogen and oxygen atoms in total. The molecular weight excluding hydrogens is 102 g/mol. The summed E-state index contributed by atoms with van der Waals surface area (Å²) in [6, 6.07) is 0. The molecule has 0 aliphatic heterocycles. The van der Waals surface area contributed by atoms with Gasteiger partial charge >= 0.3 is 0 Å². The van der Waals surface area contributed by atoms with Gasteiger partial charge in [0.1, 0.15) is 5.82 Å². The van der Waals surface area contributed by atoms with Crippen molar-refractivity contribution in [3.63, 3.8) is 0 Å². The zero-order chi connectivity index (χ0) is 6.41. The third-order valence-corrected chi connectivity index (χ3v) is 0.635. The lowest BCUT2D eigenvalue weighted by Crippen LogP contribution is -1.66. The van der Waals surface area contributed by atoms with Crippen molar-refractivity contribution in [1.29, 1.82) is 5.41 Å². The lowest BCUT2D eigenvalue weighted by atomic mass is 10.8. The molecule has 8 heavy (non-hydrogen) atoms. The summed E-state index contributed by atoms with van der Waals surface area (Å²) in [6.07, 6.45) is 3.53. The number of aromatic amines is 1. The third kappa shape index (κ3) is 2.12. The first-order chi connectivity index (χ1) is 3.89. The molecule has 0 aliphatic rings. The summed E-state index contributed by atoms with van der Waals surface area (Å²) >= 11 is 0. The van der Waals surface area contributed by atoms with Crippen molar-refractivity contribution in [1.82, 2.24) is 9.97 Å². The number of aromatic nitrogens is 2. The first kappa shape index (κ1) is 6.88. The van der Waals surface area contributed by atoms with Crippen molar-refractivity contribution >= 4 is 6.72 Å². The fourth-order valence-electron chi connectivity index (χ4n) is 0.344. The van der Waals surface area contributed by atoms with Gasteiger partial charge in [0, 0.05) is 12.4 Å². The Labute approximate surface area is 48.3 Å². The van der Waals surface area contributed by atoms with Crippen LogP contribution in [0.15, 0.2) is 12.4 Å². The number of imidazole rings is 1. The van der Waals surface area contributed by atoms with Gasteiger partial charge in [0.25, 0.3) is 0 Å². The van der Waals surface area contributed by atoms with Crippen LogP contribution in [0.2, 0.25) is 0 Å². The largest absolute Gasteiger partial charge is 0.349 e. The van der Waals surface area contributed by atoms with E-state index >= 15 is 0 Å². The van der Waals surface area contributed by atoms with Crippen molar-refractivity contribution in [2.75, 3.05) is 0 Å². The van der Waals surface area contributed by atoms with Crippen LogP contribution < -0.4 is 0 Å². The Morgan fingerprint density at radius 2 is 2.38 bits per heavy atom. The molecule has 0 saturated carbocycles. The molecule has 0 bridgehead atoms. The van der Waals surface area contributed by atoms with E-state index < -0.39 is 0 Å². The van der Waals surface area contributed by atoms with Crippen LogP contribution in [-0.4, -0.2) is 16.7 Å². The molecule has 0 aliphatic carbocycles. The van der Waals surface area contributed by atoms with Crippen molar-refractivity contribution in [3.05, 3.63) is 18.2 Å². The second-order valence-corrected chi connectivity index (χ2v) is 1.17. The molecule has 0 amide bonds. The van der Waals surface area contributed by atoms with Crippen LogP contribution in [0.25, 0.3) is 0 Å². The van der Waals surface area contributed by atoms with Crippen LogP contribution >= 0.6 is 0 Å². The lowest BCUT2D eigenvalue weighted by molar-refractivity contribution is 1.15. The van der Waals surface area contributed by atoms with Gasteiger partial charge in [0.05, 0.1) is 0 Å². The van der Waals surface area contributed by atoms with Crippen LogP contribution in [-0.2, 0) is 0 Å². The van der Waals surface area contributed by atoms with Gasteiger partial charge in [-0.05, 0) is 13.6 Å². The molecule has 1 aromatic rings. The smallest absolute Gasteiger partial charge is 0.102 e. The van der Waals surface area contributed by atoms with Gasteiger partial charge in [-0.3, -0.25) is 0 Å². The Hall–Kier alpha value is -1.12. The van der Waals surface area contributed by atoms with E-state index in [0.29, 0.717) is 0 Å². The predicted octanol–water partition coefficient (Wildman–Crippen LogP) is 0.984. The SMILES string of the molecule is C=N.Cc1ncc[nH]1. The summed E-state index contributed by atoms with van der Waals surface area (Å²) in [6.45, 7) is 4.42. The van der Waals surface area contributed by atoms with Crippen molar-refractivity contribution in [3.8, 4) is 0 Å². The van der Waals surface area contributed by atoms with E-state index in [1.165, 1.54) is 0 Å². The molecule has 0 fully saturated rings. The summed E-state index contributed by atoms with van der Waals surface area (Å²) in [4.78, 5) is 6.75. The minimum Gasteiger partial charge on any atom is -0.349 e. The van der Waals surface area contributed by atoms with E-state index in [2.05, 4.69) is 16.7 Å². The molecule has 2 N–H and O–H groups in total. The van der Waals surface area contributed by atoms with Crippen LogP contribution in [0.1, 0.15) is 5.82 Å². The number of nitrogens with zero attached hydrogens (tertiary/aromatic N) is 1. The van der Waals surface area contributed by atoms with Crippen molar-refractivity contribution < 1.29 is 0 Å². The molecule has 1 heterocycles.